The first-order chi connectivity index (χ1) is 10.9. The van der Waals surface area contributed by atoms with Crippen LogP contribution < -0.4 is 16.0 Å². The topological polar surface area (TPSA) is 70.2 Å². The normalized spacial score (nSPS) is 11.4. The van der Waals surface area contributed by atoms with E-state index in [2.05, 4.69) is 16.0 Å². The number of rotatable bonds is 5. The molecule has 5 nitrogen and oxygen atoms in total. The number of carbonyl (C=O) groups is 2. The predicted molar refractivity (Wildman–Crippen MR) is 93.9 cm³/mol. The van der Waals surface area contributed by atoms with Crippen LogP contribution in [0.3, 0.4) is 0 Å². The van der Waals surface area contributed by atoms with Gasteiger partial charge >= 0.3 is 0 Å². The van der Waals surface area contributed by atoms with Crippen LogP contribution in [0.25, 0.3) is 0 Å². The van der Waals surface area contributed by atoms with Crippen molar-refractivity contribution < 1.29 is 9.59 Å². The second-order valence-corrected chi connectivity index (χ2v) is 5.56. The van der Waals surface area contributed by atoms with Crippen molar-refractivity contribution in [3.05, 3.63) is 53.6 Å². The fourth-order valence-corrected chi connectivity index (χ4v) is 2.18. The lowest BCUT2D eigenvalue weighted by atomic mass is 10.2. The smallest absolute Gasteiger partial charge is 0.246 e. The number of carbonyl (C=O) groups excluding carboxylic acids is 2. The van der Waals surface area contributed by atoms with E-state index in [0.717, 1.165) is 5.69 Å². The zero-order chi connectivity index (χ0) is 16.8. The van der Waals surface area contributed by atoms with Gasteiger partial charge in [0.1, 0.15) is 6.04 Å². The van der Waals surface area contributed by atoms with E-state index in [1.807, 2.05) is 0 Å². The van der Waals surface area contributed by atoms with Crippen LogP contribution in [-0.4, -0.2) is 17.9 Å². The van der Waals surface area contributed by atoms with Gasteiger partial charge in [-0.05, 0) is 49.4 Å². The number of hydrogen-bond donors (Lipinski definition) is 3. The molecule has 0 radical (unpaired) electrons. The maximum Gasteiger partial charge on any atom is 0.246 e. The van der Waals surface area contributed by atoms with Crippen LogP contribution in [-0.2, 0) is 9.59 Å². The summed E-state index contributed by atoms with van der Waals surface area (Å²) >= 11 is 5.89. The second-order valence-electron chi connectivity index (χ2n) is 5.12. The van der Waals surface area contributed by atoms with Gasteiger partial charge in [-0.1, -0.05) is 17.7 Å². The summed E-state index contributed by atoms with van der Waals surface area (Å²) in [6, 6.07) is 13.7. The summed E-state index contributed by atoms with van der Waals surface area (Å²) in [5, 5.41) is 9.15. The number of halogens is 1. The Hall–Kier alpha value is -2.53. The molecule has 1 atom stereocenters. The first-order valence-corrected chi connectivity index (χ1v) is 7.52. The summed E-state index contributed by atoms with van der Waals surface area (Å²) in [7, 11) is 0. The first kappa shape index (κ1) is 16.8. The molecule has 23 heavy (non-hydrogen) atoms. The standard InChI is InChI=1S/C17H18ClN3O2/c1-11(17(23)21-16-5-3-4-13(18)10-16)19-14-6-8-15(9-7-14)20-12(2)22/h3-11,19H,1-2H3,(H,20,22)(H,21,23). The Morgan fingerprint density at radius 3 is 2.22 bits per heavy atom. The molecule has 6 heteroatoms. The molecule has 0 aliphatic rings. The highest BCUT2D eigenvalue weighted by atomic mass is 35.5. The third kappa shape index (κ3) is 5.30. The molecule has 0 aromatic heterocycles. The molecule has 0 heterocycles. The molecule has 120 valence electrons. The van der Waals surface area contributed by atoms with E-state index >= 15 is 0 Å². The highest BCUT2D eigenvalue weighted by Gasteiger charge is 2.13. The van der Waals surface area contributed by atoms with Gasteiger partial charge in [-0.2, -0.15) is 0 Å². The first-order valence-electron chi connectivity index (χ1n) is 7.14. The molecule has 0 spiro atoms. The number of hydrogen-bond acceptors (Lipinski definition) is 3. The van der Waals surface area contributed by atoms with Crippen LogP contribution in [0.4, 0.5) is 17.1 Å². The fraction of sp³-hybridized carbons (Fsp3) is 0.176. The number of nitrogens with one attached hydrogen (secondary N) is 3. The number of benzene rings is 2. The van der Waals surface area contributed by atoms with E-state index in [0.29, 0.717) is 16.4 Å². The van der Waals surface area contributed by atoms with Crippen molar-refractivity contribution in [2.75, 3.05) is 16.0 Å². The Bertz CT molecular complexity index is 701. The Kier molecular flexibility index (Phi) is 5.60. The summed E-state index contributed by atoms with van der Waals surface area (Å²) in [6.45, 7) is 3.22. The Balaban J connectivity index is 1.94. The molecule has 0 aliphatic carbocycles. The van der Waals surface area contributed by atoms with Gasteiger partial charge in [0.15, 0.2) is 0 Å². The highest BCUT2D eigenvalue weighted by Crippen LogP contribution is 2.17. The van der Waals surface area contributed by atoms with Crippen molar-refractivity contribution in [1.29, 1.82) is 0 Å². The predicted octanol–water partition coefficient (Wildman–Crippen LogP) is 3.74. The molecular formula is C17H18ClN3O2. The third-order valence-electron chi connectivity index (χ3n) is 3.07. The molecular weight excluding hydrogens is 314 g/mol. The zero-order valence-corrected chi connectivity index (χ0v) is 13.6. The van der Waals surface area contributed by atoms with Crippen LogP contribution in [0.1, 0.15) is 13.8 Å². The van der Waals surface area contributed by atoms with Gasteiger partial charge in [-0.25, -0.2) is 0 Å². The molecule has 2 amide bonds. The molecule has 0 aliphatic heterocycles. The van der Waals surface area contributed by atoms with E-state index < -0.39 is 6.04 Å². The van der Waals surface area contributed by atoms with E-state index in [9.17, 15) is 9.59 Å². The van der Waals surface area contributed by atoms with Gasteiger partial charge in [0, 0.05) is 29.0 Å². The van der Waals surface area contributed by atoms with Gasteiger partial charge in [0.2, 0.25) is 11.8 Å². The Labute approximate surface area is 140 Å². The molecule has 2 rings (SSSR count). The molecule has 0 fully saturated rings. The van der Waals surface area contributed by atoms with E-state index in [-0.39, 0.29) is 11.8 Å². The lowest BCUT2D eigenvalue weighted by molar-refractivity contribution is -0.116. The SMILES string of the molecule is CC(=O)Nc1ccc(NC(C)C(=O)Nc2cccc(Cl)c2)cc1. The molecule has 0 bridgehead atoms. The van der Waals surface area contributed by atoms with Gasteiger partial charge in [0.05, 0.1) is 0 Å². The second kappa shape index (κ2) is 7.65. The van der Waals surface area contributed by atoms with Crippen LogP contribution in [0, 0.1) is 0 Å². The van der Waals surface area contributed by atoms with E-state index in [4.69, 9.17) is 11.6 Å². The van der Waals surface area contributed by atoms with Gasteiger partial charge < -0.3 is 16.0 Å². The van der Waals surface area contributed by atoms with Crippen molar-refractivity contribution in [1.82, 2.24) is 0 Å². The minimum absolute atomic E-state index is 0.125. The third-order valence-corrected chi connectivity index (χ3v) is 3.31. The lowest BCUT2D eigenvalue weighted by Gasteiger charge is -2.16. The summed E-state index contributed by atoms with van der Waals surface area (Å²) in [6.07, 6.45) is 0. The number of anilines is 3. The molecule has 0 saturated heterocycles. The van der Waals surface area contributed by atoms with Crippen molar-refractivity contribution in [3.63, 3.8) is 0 Å². The van der Waals surface area contributed by atoms with Gasteiger partial charge in [-0.15, -0.1) is 0 Å². The van der Waals surface area contributed by atoms with Crippen LogP contribution in [0.15, 0.2) is 48.5 Å². The summed E-state index contributed by atoms with van der Waals surface area (Å²) in [4.78, 5) is 23.1. The highest BCUT2D eigenvalue weighted by molar-refractivity contribution is 6.30. The van der Waals surface area contributed by atoms with Crippen molar-refractivity contribution in [2.24, 2.45) is 0 Å². The Morgan fingerprint density at radius 2 is 1.61 bits per heavy atom. The van der Waals surface area contributed by atoms with E-state index in [1.54, 1.807) is 55.5 Å². The maximum atomic E-state index is 12.2. The van der Waals surface area contributed by atoms with Crippen LogP contribution >= 0.6 is 11.6 Å². The van der Waals surface area contributed by atoms with Crippen molar-refractivity contribution in [3.8, 4) is 0 Å². The quantitative estimate of drug-likeness (QED) is 0.781. The molecule has 2 aromatic rings. The molecule has 0 saturated carbocycles. The van der Waals surface area contributed by atoms with Crippen molar-refractivity contribution in [2.45, 2.75) is 19.9 Å². The fourth-order valence-electron chi connectivity index (χ4n) is 1.99. The van der Waals surface area contributed by atoms with Crippen LogP contribution in [0.5, 0.6) is 0 Å². The zero-order valence-electron chi connectivity index (χ0n) is 12.9. The summed E-state index contributed by atoms with van der Waals surface area (Å²) < 4.78 is 0. The van der Waals surface area contributed by atoms with E-state index in [1.165, 1.54) is 6.92 Å². The summed E-state index contributed by atoms with van der Waals surface area (Å²) in [5.41, 5.74) is 2.14. The number of amides is 2. The van der Waals surface area contributed by atoms with Crippen LogP contribution in [0.2, 0.25) is 5.02 Å². The minimum Gasteiger partial charge on any atom is -0.374 e. The Morgan fingerprint density at radius 1 is 0.957 bits per heavy atom. The van der Waals surface area contributed by atoms with Crippen molar-refractivity contribution >= 4 is 40.5 Å². The minimum atomic E-state index is -0.430. The molecule has 2 aromatic carbocycles. The maximum absolute atomic E-state index is 12.2. The largest absolute Gasteiger partial charge is 0.374 e. The van der Waals surface area contributed by atoms with Gasteiger partial charge in [0.25, 0.3) is 0 Å². The average molecular weight is 332 g/mol. The lowest BCUT2D eigenvalue weighted by Crippen LogP contribution is -2.31. The average Bonchev–Trinajstić information content (AvgIpc) is 2.48. The molecule has 3 N–H and O–H groups in total. The van der Waals surface area contributed by atoms with Gasteiger partial charge in [-0.3, -0.25) is 9.59 Å². The monoisotopic (exact) mass is 331 g/mol. The molecule has 1 unspecified atom stereocenters. The summed E-state index contributed by atoms with van der Waals surface area (Å²) in [5.74, 6) is -0.293.